The van der Waals surface area contributed by atoms with Crippen molar-refractivity contribution in [3.63, 3.8) is 0 Å². The average molecular weight is 272 g/mol. The van der Waals surface area contributed by atoms with Crippen molar-refractivity contribution in [2.24, 2.45) is 0 Å². The highest BCUT2D eigenvalue weighted by atomic mass is 16.3. The lowest BCUT2D eigenvalue weighted by Crippen LogP contribution is -2.26. The SMILES string of the molecule is C=CCN(CCO)Cc1ccc(-n2cncn2)c(C)c1. The molecule has 1 N–H and O–H groups in total. The van der Waals surface area contributed by atoms with E-state index in [2.05, 4.69) is 40.6 Å². The Labute approximate surface area is 119 Å². The fourth-order valence-corrected chi connectivity index (χ4v) is 2.22. The third-order valence-corrected chi connectivity index (χ3v) is 3.14. The highest BCUT2D eigenvalue weighted by Crippen LogP contribution is 2.16. The molecule has 0 spiro atoms. The summed E-state index contributed by atoms with van der Waals surface area (Å²) < 4.78 is 1.76. The van der Waals surface area contributed by atoms with Crippen molar-refractivity contribution in [2.45, 2.75) is 13.5 Å². The molecular weight excluding hydrogens is 252 g/mol. The van der Waals surface area contributed by atoms with Crippen LogP contribution in [-0.4, -0.2) is 44.5 Å². The molecule has 5 heteroatoms. The van der Waals surface area contributed by atoms with Crippen molar-refractivity contribution < 1.29 is 5.11 Å². The Bertz CT molecular complexity index is 551. The average Bonchev–Trinajstić information content (AvgIpc) is 2.93. The van der Waals surface area contributed by atoms with Gasteiger partial charge in [-0.3, -0.25) is 4.90 Å². The number of aliphatic hydroxyl groups is 1. The van der Waals surface area contributed by atoms with Crippen LogP contribution in [0.5, 0.6) is 0 Å². The highest BCUT2D eigenvalue weighted by molar-refractivity contribution is 5.41. The summed E-state index contributed by atoms with van der Waals surface area (Å²) in [6, 6.07) is 6.27. The van der Waals surface area contributed by atoms with E-state index in [0.717, 1.165) is 24.3 Å². The van der Waals surface area contributed by atoms with E-state index in [1.54, 1.807) is 11.0 Å². The van der Waals surface area contributed by atoms with Crippen LogP contribution in [0.4, 0.5) is 0 Å². The molecule has 0 saturated carbocycles. The molecule has 0 unspecified atom stereocenters. The summed E-state index contributed by atoms with van der Waals surface area (Å²) in [5.41, 5.74) is 3.39. The Morgan fingerprint density at radius 2 is 2.30 bits per heavy atom. The summed E-state index contributed by atoms with van der Waals surface area (Å²) in [5, 5.41) is 13.2. The molecule has 1 aromatic heterocycles. The van der Waals surface area contributed by atoms with Crippen LogP contribution in [0.2, 0.25) is 0 Å². The minimum Gasteiger partial charge on any atom is -0.395 e. The molecule has 0 aliphatic carbocycles. The molecule has 0 amide bonds. The van der Waals surface area contributed by atoms with Crippen molar-refractivity contribution in [2.75, 3.05) is 19.7 Å². The maximum atomic E-state index is 9.07. The second kappa shape index (κ2) is 6.98. The summed E-state index contributed by atoms with van der Waals surface area (Å²) >= 11 is 0. The van der Waals surface area contributed by atoms with Gasteiger partial charge < -0.3 is 5.11 Å². The number of benzene rings is 1. The van der Waals surface area contributed by atoms with Crippen molar-refractivity contribution >= 4 is 0 Å². The third-order valence-electron chi connectivity index (χ3n) is 3.14. The Balaban J connectivity index is 2.14. The molecule has 0 fully saturated rings. The second-order valence-electron chi connectivity index (χ2n) is 4.71. The number of aromatic nitrogens is 3. The summed E-state index contributed by atoms with van der Waals surface area (Å²) in [6.07, 6.45) is 5.07. The predicted molar refractivity (Wildman–Crippen MR) is 78.7 cm³/mol. The van der Waals surface area contributed by atoms with Gasteiger partial charge in [0, 0.05) is 19.6 Å². The van der Waals surface area contributed by atoms with Gasteiger partial charge in [0.05, 0.1) is 12.3 Å². The Morgan fingerprint density at radius 3 is 2.90 bits per heavy atom. The topological polar surface area (TPSA) is 54.2 Å². The van der Waals surface area contributed by atoms with Gasteiger partial charge in [-0.05, 0) is 24.1 Å². The molecule has 106 valence electrons. The first-order valence-electron chi connectivity index (χ1n) is 6.63. The quantitative estimate of drug-likeness (QED) is 0.777. The number of hydrogen-bond acceptors (Lipinski definition) is 4. The van der Waals surface area contributed by atoms with Crippen LogP contribution in [0.15, 0.2) is 43.5 Å². The zero-order valence-electron chi connectivity index (χ0n) is 11.7. The van der Waals surface area contributed by atoms with Crippen LogP contribution in [0.1, 0.15) is 11.1 Å². The fourth-order valence-electron chi connectivity index (χ4n) is 2.22. The van der Waals surface area contributed by atoms with Gasteiger partial charge in [0.2, 0.25) is 0 Å². The van der Waals surface area contributed by atoms with Gasteiger partial charge in [-0.15, -0.1) is 6.58 Å². The number of nitrogens with zero attached hydrogens (tertiary/aromatic N) is 4. The van der Waals surface area contributed by atoms with Crippen LogP contribution in [0, 0.1) is 6.92 Å². The largest absolute Gasteiger partial charge is 0.395 e. The zero-order valence-corrected chi connectivity index (χ0v) is 11.7. The van der Waals surface area contributed by atoms with Gasteiger partial charge in [-0.2, -0.15) is 5.10 Å². The van der Waals surface area contributed by atoms with Crippen molar-refractivity contribution in [1.82, 2.24) is 19.7 Å². The van der Waals surface area contributed by atoms with Gasteiger partial charge >= 0.3 is 0 Å². The zero-order chi connectivity index (χ0) is 14.4. The second-order valence-corrected chi connectivity index (χ2v) is 4.71. The van der Waals surface area contributed by atoms with E-state index in [-0.39, 0.29) is 6.61 Å². The molecule has 2 rings (SSSR count). The predicted octanol–water partition coefficient (Wildman–Crippen LogP) is 1.56. The van der Waals surface area contributed by atoms with Gasteiger partial charge in [0.15, 0.2) is 0 Å². The number of aliphatic hydroxyl groups excluding tert-OH is 1. The molecular formula is C15H20N4O. The molecule has 20 heavy (non-hydrogen) atoms. The number of rotatable bonds is 7. The first kappa shape index (κ1) is 14.4. The standard InChI is InChI=1S/C15H20N4O/c1-3-6-18(7-8-20)10-14-4-5-15(13(2)9-14)19-12-16-11-17-19/h3-5,9,11-12,20H,1,6-8,10H2,2H3. The van der Waals surface area contributed by atoms with Gasteiger partial charge in [-0.1, -0.05) is 18.2 Å². The summed E-state index contributed by atoms with van der Waals surface area (Å²) in [4.78, 5) is 6.11. The van der Waals surface area contributed by atoms with Crippen molar-refractivity contribution in [3.8, 4) is 5.69 Å². The minimum atomic E-state index is 0.157. The van der Waals surface area contributed by atoms with Crippen LogP contribution >= 0.6 is 0 Å². The van der Waals surface area contributed by atoms with E-state index in [1.165, 1.54) is 11.9 Å². The van der Waals surface area contributed by atoms with Gasteiger partial charge in [0.1, 0.15) is 12.7 Å². The summed E-state index contributed by atoms with van der Waals surface area (Å²) in [6.45, 7) is 8.18. The molecule has 1 aromatic carbocycles. The molecule has 1 heterocycles. The Hall–Kier alpha value is -1.98. The highest BCUT2D eigenvalue weighted by Gasteiger charge is 2.07. The molecule has 0 radical (unpaired) electrons. The first-order valence-corrected chi connectivity index (χ1v) is 6.63. The lowest BCUT2D eigenvalue weighted by molar-refractivity contribution is 0.203. The monoisotopic (exact) mass is 272 g/mol. The van der Waals surface area contributed by atoms with E-state index in [4.69, 9.17) is 5.11 Å². The van der Waals surface area contributed by atoms with Crippen LogP contribution < -0.4 is 0 Å². The van der Waals surface area contributed by atoms with Crippen molar-refractivity contribution in [3.05, 3.63) is 54.6 Å². The number of hydrogen-bond donors (Lipinski definition) is 1. The fraction of sp³-hybridized carbons (Fsp3) is 0.333. The van der Waals surface area contributed by atoms with E-state index < -0.39 is 0 Å². The van der Waals surface area contributed by atoms with Crippen LogP contribution in [0.25, 0.3) is 5.69 Å². The first-order chi connectivity index (χ1) is 9.74. The summed E-state index contributed by atoms with van der Waals surface area (Å²) in [7, 11) is 0. The van der Waals surface area contributed by atoms with E-state index in [0.29, 0.717) is 6.54 Å². The number of aryl methyl sites for hydroxylation is 1. The molecule has 0 aliphatic rings. The molecule has 0 aliphatic heterocycles. The molecule has 0 saturated heterocycles. The molecule has 0 atom stereocenters. The van der Waals surface area contributed by atoms with Crippen LogP contribution in [-0.2, 0) is 6.54 Å². The van der Waals surface area contributed by atoms with Gasteiger partial charge in [0.25, 0.3) is 0 Å². The smallest absolute Gasteiger partial charge is 0.138 e. The van der Waals surface area contributed by atoms with Crippen LogP contribution in [0.3, 0.4) is 0 Å². The van der Waals surface area contributed by atoms with E-state index in [9.17, 15) is 0 Å². The molecule has 5 nitrogen and oxygen atoms in total. The maximum Gasteiger partial charge on any atom is 0.138 e. The molecule has 2 aromatic rings. The third kappa shape index (κ3) is 3.53. The Morgan fingerprint density at radius 1 is 1.45 bits per heavy atom. The van der Waals surface area contributed by atoms with Crippen molar-refractivity contribution in [1.29, 1.82) is 0 Å². The van der Waals surface area contributed by atoms with E-state index in [1.807, 2.05) is 12.1 Å². The summed E-state index contributed by atoms with van der Waals surface area (Å²) in [5.74, 6) is 0. The lowest BCUT2D eigenvalue weighted by atomic mass is 10.1. The lowest BCUT2D eigenvalue weighted by Gasteiger charge is -2.20. The maximum absolute atomic E-state index is 9.07. The van der Waals surface area contributed by atoms with Gasteiger partial charge in [-0.25, -0.2) is 9.67 Å². The molecule has 0 bridgehead atoms. The Kier molecular flexibility index (Phi) is 5.03. The van der Waals surface area contributed by atoms with E-state index >= 15 is 0 Å². The normalized spacial score (nSPS) is 10.9. The minimum absolute atomic E-state index is 0.157.